The van der Waals surface area contributed by atoms with E-state index in [-0.39, 0.29) is 5.91 Å². The van der Waals surface area contributed by atoms with E-state index in [1.165, 1.54) is 0 Å². The summed E-state index contributed by atoms with van der Waals surface area (Å²) in [6, 6.07) is 13.2. The van der Waals surface area contributed by atoms with Gasteiger partial charge in [-0.3, -0.25) is 4.79 Å². The number of nitrogens with one attached hydrogen (secondary N) is 2. The Hall–Kier alpha value is -1.78. The molecule has 112 valence electrons. The molecule has 0 spiro atoms. The number of aromatic nitrogens is 1. The quantitative estimate of drug-likeness (QED) is 0.657. The molecule has 0 bridgehead atoms. The number of rotatable bonds is 3. The van der Waals surface area contributed by atoms with Gasteiger partial charge in [-0.1, -0.05) is 23.7 Å². The number of hydrogen-bond donors (Lipinski definition) is 2. The van der Waals surface area contributed by atoms with Crippen LogP contribution in [0, 0.1) is 6.92 Å². The van der Waals surface area contributed by atoms with Crippen LogP contribution in [-0.4, -0.2) is 10.9 Å². The minimum absolute atomic E-state index is 0.0594. The fourth-order valence-electron chi connectivity index (χ4n) is 2.50. The van der Waals surface area contributed by atoms with Crippen molar-refractivity contribution in [2.75, 3.05) is 5.32 Å². The number of anilines is 1. The van der Waals surface area contributed by atoms with E-state index >= 15 is 0 Å². The molecular formula is C17H14BrClN2O. The lowest BCUT2D eigenvalue weighted by molar-refractivity contribution is -0.115. The summed E-state index contributed by atoms with van der Waals surface area (Å²) in [5.74, 6) is -0.0594. The van der Waals surface area contributed by atoms with Crippen molar-refractivity contribution >= 4 is 50.0 Å². The lowest BCUT2D eigenvalue weighted by Crippen LogP contribution is -2.15. The molecule has 0 aliphatic rings. The third kappa shape index (κ3) is 3.03. The molecule has 1 aromatic heterocycles. The molecule has 0 aliphatic carbocycles. The normalized spacial score (nSPS) is 10.9. The van der Waals surface area contributed by atoms with E-state index in [1.807, 2.05) is 49.4 Å². The average Bonchev–Trinajstić information content (AvgIpc) is 2.77. The Labute approximate surface area is 141 Å². The van der Waals surface area contributed by atoms with Crippen LogP contribution in [0.15, 0.2) is 46.9 Å². The fourth-order valence-corrected chi connectivity index (χ4v) is 3.06. The molecule has 5 heteroatoms. The number of halogens is 2. The zero-order valence-corrected chi connectivity index (χ0v) is 14.3. The number of benzene rings is 2. The zero-order valence-electron chi connectivity index (χ0n) is 11.9. The zero-order chi connectivity index (χ0) is 15.7. The minimum Gasteiger partial charge on any atom is -0.358 e. The molecule has 3 rings (SSSR count). The number of aromatic amines is 1. The summed E-state index contributed by atoms with van der Waals surface area (Å²) in [7, 11) is 0. The first-order chi connectivity index (χ1) is 10.5. The predicted octanol–water partition coefficient (Wildman–Crippen LogP) is 5.07. The maximum absolute atomic E-state index is 12.3. The first kappa shape index (κ1) is 15.1. The minimum atomic E-state index is -0.0594. The number of amides is 1. The maximum Gasteiger partial charge on any atom is 0.228 e. The Morgan fingerprint density at radius 2 is 2.05 bits per heavy atom. The number of fused-ring (bicyclic) bond motifs is 1. The SMILES string of the molecule is Cc1[nH]c2ccc(Cl)cc2c1CC(=O)Nc1ccccc1Br. The van der Waals surface area contributed by atoms with Gasteiger partial charge in [0.2, 0.25) is 5.91 Å². The third-order valence-corrected chi connectivity index (χ3v) is 4.49. The van der Waals surface area contributed by atoms with Gasteiger partial charge in [-0.05, 0) is 58.7 Å². The predicted molar refractivity (Wildman–Crippen MR) is 94.5 cm³/mol. The molecule has 3 nitrogen and oxygen atoms in total. The summed E-state index contributed by atoms with van der Waals surface area (Å²) < 4.78 is 0.863. The standard InChI is InChI=1S/C17H14BrClN2O/c1-10-12(13-8-11(19)6-7-15(13)20-10)9-17(22)21-16-5-3-2-4-14(16)18/h2-8,20H,9H2,1H3,(H,21,22). The molecule has 0 unspecified atom stereocenters. The van der Waals surface area contributed by atoms with E-state index in [2.05, 4.69) is 26.2 Å². The Balaban J connectivity index is 1.87. The lowest BCUT2D eigenvalue weighted by Gasteiger charge is -2.07. The number of carbonyl (C=O) groups is 1. The van der Waals surface area contributed by atoms with Crippen molar-refractivity contribution in [3.8, 4) is 0 Å². The highest BCUT2D eigenvalue weighted by molar-refractivity contribution is 9.10. The van der Waals surface area contributed by atoms with Gasteiger partial charge in [0.15, 0.2) is 0 Å². The van der Waals surface area contributed by atoms with Gasteiger partial charge in [0, 0.05) is 26.1 Å². The molecule has 2 aromatic carbocycles. The van der Waals surface area contributed by atoms with Crippen molar-refractivity contribution in [3.05, 3.63) is 63.2 Å². The number of aryl methyl sites for hydroxylation is 1. The average molecular weight is 378 g/mol. The molecule has 0 fully saturated rings. The highest BCUT2D eigenvalue weighted by Crippen LogP contribution is 2.27. The highest BCUT2D eigenvalue weighted by Gasteiger charge is 2.13. The van der Waals surface area contributed by atoms with Crippen LogP contribution in [0.1, 0.15) is 11.3 Å². The topological polar surface area (TPSA) is 44.9 Å². The third-order valence-electron chi connectivity index (χ3n) is 3.57. The van der Waals surface area contributed by atoms with Crippen molar-refractivity contribution in [1.82, 2.24) is 4.98 Å². The van der Waals surface area contributed by atoms with Crippen LogP contribution in [0.3, 0.4) is 0 Å². The van der Waals surface area contributed by atoms with E-state index in [0.717, 1.165) is 32.3 Å². The first-order valence-electron chi connectivity index (χ1n) is 6.85. The van der Waals surface area contributed by atoms with Crippen LogP contribution in [0.2, 0.25) is 5.02 Å². The van der Waals surface area contributed by atoms with E-state index in [9.17, 15) is 4.79 Å². The molecule has 1 amide bonds. The maximum atomic E-state index is 12.3. The molecule has 3 aromatic rings. The van der Waals surface area contributed by atoms with Crippen LogP contribution in [0.4, 0.5) is 5.69 Å². The van der Waals surface area contributed by atoms with Crippen molar-refractivity contribution in [2.45, 2.75) is 13.3 Å². The summed E-state index contributed by atoms with van der Waals surface area (Å²) in [6.07, 6.45) is 0.299. The second-order valence-corrected chi connectivity index (χ2v) is 6.41. The van der Waals surface area contributed by atoms with Gasteiger partial charge < -0.3 is 10.3 Å². The molecule has 0 aliphatic heterocycles. The van der Waals surface area contributed by atoms with Gasteiger partial charge in [0.1, 0.15) is 0 Å². The highest BCUT2D eigenvalue weighted by atomic mass is 79.9. The van der Waals surface area contributed by atoms with Crippen LogP contribution >= 0.6 is 27.5 Å². The largest absolute Gasteiger partial charge is 0.358 e. The van der Waals surface area contributed by atoms with Crippen LogP contribution < -0.4 is 5.32 Å². The smallest absolute Gasteiger partial charge is 0.228 e. The van der Waals surface area contributed by atoms with Gasteiger partial charge in [-0.15, -0.1) is 0 Å². The van der Waals surface area contributed by atoms with E-state index in [4.69, 9.17) is 11.6 Å². The first-order valence-corrected chi connectivity index (χ1v) is 8.03. The van der Waals surface area contributed by atoms with E-state index in [0.29, 0.717) is 11.4 Å². The molecular weight excluding hydrogens is 364 g/mol. The molecule has 2 N–H and O–H groups in total. The van der Waals surface area contributed by atoms with Crippen molar-refractivity contribution in [1.29, 1.82) is 0 Å². The van der Waals surface area contributed by atoms with Crippen LogP contribution in [0.25, 0.3) is 10.9 Å². The molecule has 1 heterocycles. The van der Waals surface area contributed by atoms with Gasteiger partial charge in [0.05, 0.1) is 12.1 Å². The molecule has 22 heavy (non-hydrogen) atoms. The van der Waals surface area contributed by atoms with Crippen molar-refractivity contribution in [3.63, 3.8) is 0 Å². The van der Waals surface area contributed by atoms with E-state index < -0.39 is 0 Å². The van der Waals surface area contributed by atoms with Crippen molar-refractivity contribution in [2.24, 2.45) is 0 Å². The molecule has 0 saturated heterocycles. The lowest BCUT2D eigenvalue weighted by atomic mass is 10.1. The Morgan fingerprint density at radius 1 is 1.27 bits per heavy atom. The molecule has 0 radical (unpaired) electrons. The Kier molecular flexibility index (Phi) is 4.23. The Morgan fingerprint density at radius 3 is 2.82 bits per heavy atom. The number of hydrogen-bond acceptors (Lipinski definition) is 1. The van der Waals surface area contributed by atoms with Gasteiger partial charge in [0.25, 0.3) is 0 Å². The monoisotopic (exact) mass is 376 g/mol. The number of para-hydroxylation sites is 1. The molecule has 0 saturated carbocycles. The van der Waals surface area contributed by atoms with Crippen LogP contribution in [-0.2, 0) is 11.2 Å². The summed E-state index contributed by atoms with van der Waals surface area (Å²) in [6.45, 7) is 1.97. The fraction of sp³-hybridized carbons (Fsp3) is 0.118. The number of H-pyrrole nitrogens is 1. The summed E-state index contributed by atoms with van der Waals surface area (Å²) in [4.78, 5) is 15.6. The van der Waals surface area contributed by atoms with Crippen molar-refractivity contribution < 1.29 is 4.79 Å². The second kappa shape index (κ2) is 6.15. The Bertz CT molecular complexity index is 857. The van der Waals surface area contributed by atoms with Gasteiger partial charge in [-0.2, -0.15) is 0 Å². The van der Waals surface area contributed by atoms with Gasteiger partial charge in [-0.25, -0.2) is 0 Å². The summed E-state index contributed by atoms with van der Waals surface area (Å²) in [5, 5.41) is 4.58. The van der Waals surface area contributed by atoms with Gasteiger partial charge >= 0.3 is 0 Å². The summed E-state index contributed by atoms with van der Waals surface area (Å²) in [5.41, 5.74) is 3.72. The van der Waals surface area contributed by atoms with Crippen LogP contribution in [0.5, 0.6) is 0 Å². The molecule has 0 atom stereocenters. The van der Waals surface area contributed by atoms with E-state index in [1.54, 1.807) is 0 Å². The summed E-state index contributed by atoms with van der Waals surface area (Å²) >= 11 is 9.49. The number of carbonyl (C=O) groups excluding carboxylic acids is 1. The second-order valence-electron chi connectivity index (χ2n) is 5.12.